The second kappa shape index (κ2) is 9.07. The van der Waals surface area contributed by atoms with Crippen LogP contribution in [0, 0.1) is 0 Å². The molecule has 0 atom stereocenters. The van der Waals surface area contributed by atoms with Crippen molar-refractivity contribution in [3.63, 3.8) is 0 Å². The second-order valence-electron chi connectivity index (χ2n) is 5.19. The molecule has 0 radical (unpaired) electrons. The highest BCUT2D eigenvalue weighted by Crippen LogP contribution is 2.21. The summed E-state index contributed by atoms with van der Waals surface area (Å²) in [5.41, 5.74) is 0.674. The molecule has 1 rings (SSSR count). The number of hydrogen-bond acceptors (Lipinski definition) is 3. The first-order valence-corrected chi connectivity index (χ1v) is 7.73. The predicted octanol–water partition coefficient (Wildman–Crippen LogP) is 2.70. The van der Waals surface area contributed by atoms with Crippen molar-refractivity contribution in [2.45, 2.75) is 33.6 Å². The predicted molar refractivity (Wildman–Crippen MR) is 88.2 cm³/mol. The lowest BCUT2D eigenvalue weighted by Crippen LogP contribution is -2.43. The van der Waals surface area contributed by atoms with E-state index in [9.17, 15) is 9.59 Å². The monoisotopic (exact) mass is 306 g/mol. The summed E-state index contributed by atoms with van der Waals surface area (Å²) in [6.07, 6.45) is 1.82. The van der Waals surface area contributed by atoms with Crippen LogP contribution in [0.15, 0.2) is 24.3 Å². The van der Waals surface area contributed by atoms with Crippen LogP contribution in [-0.4, -0.2) is 43.5 Å². The van der Waals surface area contributed by atoms with Gasteiger partial charge in [0.25, 0.3) is 0 Å². The van der Waals surface area contributed by atoms with Gasteiger partial charge in [0, 0.05) is 31.8 Å². The molecule has 0 aromatic heterocycles. The van der Waals surface area contributed by atoms with Crippen LogP contribution in [0.1, 0.15) is 33.6 Å². The summed E-state index contributed by atoms with van der Waals surface area (Å²) in [5, 5.41) is 0. The van der Waals surface area contributed by atoms with Gasteiger partial charge in [0.05, 0.1) is 7.11 Å². The van der Waals surface area contributed by atoms with Gasteiger partial charge in [-0.2, -0.15) is 0 Å². The lowest BCUT2D eigenvalue weighted by atomic mass is 10.2. The molecule has 0 bridgehead atoms. The summed E-state index contributed by atoms with van der Waals surface area (Å²) >= 11 is 0. The lowest BCUT2D eigenvalue weighted by Gasteiger charge is -2.26. The van der Waals surface area contributed by atoms with Gasteiger partial charge in [-0.1, -0.05) is 19.9 Å². The minimum absolute atomic E-state index is 0.0262. The number of hydrogen-bond donors (Lipinski definition) is 0. The maximum absolute atomic E-state index is 12.5. The molecule has 0 unspecified atom stereocenters. The summed E-state index contributed by atoms with van der Waals surface area (Å²) in [5.74, 6) is 0.478. The highest BCUT2D eigenvalue weighted by Gasteiger charge is 2.20. The van der Waals surface area contributed by atoms with Crippen LogP contribution in [-0.2, 0) is 9.59 Å². The van der Waals surface area contributed by atoms with E-state index in [0.717, 1.165) is 25.9 Å². The third-order valence-corrected chi connectivity index (χ3v) is 3.38. The van der Waals surface area contributed by atoms with Gasteiger partial charge in [0.1, 0.15) is 12.3 Å². The zero-order valence-corrected chi connectivity index (χ0v) is 14.0. The van der Waals surface area contributed by atoms with E-state index in [1.807, 2.05) is 30.9 Å². The molecule has 0 N–H and O–H groups in total. The van der Waals surface area contributed by atoms with Crippen molar-refractivity contribution in [3.05, 3.63) is 24.3 Å². The van der Waals surface area contributed by atoms with E-state index in [2.05, 4.69) is 0 Å². The Hall–Kier alpha value is -2.04. The first-order chi connectivity index (χ1) is 10.5. The number of carbonyl (C=O) groups excluding carboxylic acids is 2. The Morgan fingerprint density at radius 1 is 1.14 bits per heavy atom. The summed E-state index contributed by atoms with van der Waals surface area (Å²) in [6.45, 7) is 7.05. The molecule has 0 saturated heterocycles. The molecule has 5 nitrogen and oxygen atoms in total. The normalized spacial score (nSPS) is 10.2. The van der Waals surface area contributed by atoms with Crippen LogP contribution in [0.5, 0.6) is 5.75 Å². The summed E-state index contributed by atoms with van der Waals surface area (Å²) < 4.78 is 5.18. The largest absolute Gasteiger partial charge is 0.497 e. The Bertz CT molecular complexity index is 496. The number of nitrogens with zero attached hydrogens (tertiary/aromatic N) is 2. The standard InChI is InChI=1S/C17H26N2O3/c1-5-10-18(11-6-2)17(21)13-19(14(3)20)15-8-7-9-16(12-15)22-4/h7-9,12H,5-6,10-11,13H2,1-4H3. The molecule has 0 spiro atoms. The Labute approximate surface area is 132 Å². The third kappa shape index (κ3) is 5.06. The quantitative estimate of drug-likeness (QED) is 0.742. The van der Waals surface area contributed by atoms with Gasteiger partial charge in [-0.05, 0) is 25.0 Å². The molecule has 0 saturated carbocycles. The number of carbonyl (C=O) groups is 2. The van der Waals surface area contributed by atoms with Crippen molar-refractivity contribution >= 4 is 17.5 Å². The zero-order valence-electron chi connectivity index (χ0n) is 14.0. The molecule has 0 fully saturated rings. The molecule has 1 aromatic carbocycles. The smallest absolute Gasteiger partial charge is 0.242 e. The number of methoxy groups -OCH3 is 1. The average Bonchev–Trinajstić information content (AvgIpc) is 2.51. The van der Waals surface area contributed by atoms with Crippen molar-refractivity contribution in [1.29, 1.82) is 0 Å². The first kappa shape index (κ1) is 18.0. The summed E-state index contributed by atoms with van der Waals surface area (Å²) in [4.78, 5) is 27.7. The van der Waals surface area contributed by atoms with Gasteiger partial charge in [-0.15, -0.1) is 0 Å². The Kier molecular flexibility index (Phi) is 7.43. The second-order valence-corrected chi connectivity index (χ2v) is 5.19. The van der Waals surface area contributed by atoms with E-state index in [1.54, 1.807) is 19.2 Å². The molecule has 0 aliphatic rings. The Balaban J connectivity index is 2.91. The fourth-order valence-electron chi connectivity index (χ4n) is 2.30. The van der Waals surface area contributed by atoms with Crippen molar-refractivity contribution < 1.29 is 14.3 Å². The molecule has 0 aliphatic carbocycles. The van der Waals surface area contributed by atoms with Gasteiger partial charge in [-0.25, -0.2) is 0 Å². The number of rotatable bonds is 8. The molecule has 22 heavy (non-hydrogen) atoms. The van der Waals surface area contributed by atoms with E-state index in [1.165, 1.54) is 11.8 Å². The van der Waals surface area contributed by atoms with Crippen molar-refractivity contribution in [2.75, 3.05) is 31.6 Å². The van der Waals surface area contributed by atoms with Gasteiger partial charge in [-0.3, -0.25) is 9.59 Å². The fraction of sp³-hybridized carbons (Fsp3) is 0.529. The molecule has 122 valence electrons. The summed E-state index contributed by atoms with van der Waals surface area (Å²) in [7, 11) is 1.58. The SMILES string of the molecule is CCCN(CCC)C(=O)CN(C(C)=O)c1cccc(OC)c1. The third-order valence-electron chi connectivity index (χ3n) is 3.38. The van der Waals surface area contributed by atoms with Crippen LogP contribution in [0.2, 0.25) is 0 Å². The van der Waals surface area contributed by atoms with Crippen LogP contribution in [0.3, 0.4) is 0 Å². The minimum Gasteiger partial charge on any atom is -0.497 e. The molecular formula is C17H26N2O3. The summed E-state index contributed by atoms with van der Waals surface area (Å²) in [6, 6.07) is 7.19. The lowest BCUT2D eigenvalue weighted by molar-refractivity contribution is -0.131. The molecular weight excluding hydrogens is 280 g/mol. The van der Waals surface area contributed by atoms with Gasteiger partial charge >= 0.3 is 0 Å². The van der Waals surface area contributed by atoms with Crippen molar-refractivity contribution in [3.8, 4) is 5.75 Å². The van der Waals surface area contributed by atoms with E-state index < -0.39 is 0 Å². The van der Waals surface area contributed by atoms with Crippen LogP contribution in [0.25, 0.3) is 0 Å². The molecule has 0 aliphatic heterocycles. The fourth-order valence-corrected chi connectivity index (χ4v) is 2.30. The topological polar surface area (TPSA) is 49.9 Å². The van der Waals surface area contributed by atoms with Crippen LogP contribution < -0.4 is 9.64 Å². The van der Waals surface area contributed by atoms with E-state index in [-0.39, 0.29) is 18.4 Å². The van der Waals surface area contributed by atoms with Crippen LogP contribution in [0.4, 0.5) is 5.69 Å². The molecule has 0 heterocycles. The van der Waals surface area contributed by atoms with Crippen molar-refractivity contribution in [1.82, 2.24) is 4.90 Å². The maximum atomic E-state index is 12.5. The average molecular weight is 306 g/mol. The number of benzene rings is 1. The minimum atomic E-state index is -0.158. The maximum Gasteiger partial charge on any atom is 0.242 e. The molecule has 2 amide bonds. The highest BCUT2D eigenvalue weighted by molar-refractivity contribution is 5.97. The van der Waals surface area contributed by atoms with E-state index in [4.69, 9.17) is 4.74 Å². The number of anilines is 1. The van der Waals surface area contributed by atoms with E-state index in [0.29, 0.717) is 11.4 Å². The number of ether oxygens (including phenoxy) is 1. The molecule has 5 heteroatoms. The van der Waals surface area contributed by atoms with Crippen LogP contribution >= 0.6 is 0 Å². The van der Waals surface area contributed by atoms with Crippen molar-refractivity contribution in [2.24, 2.45) is 0 Å². The van der Waals surface area contributed by atoms with Gasteiger partial charge < -0.3 is 14.5 Å². The number of amides is 2. The zero-order chi connectivity index (χ0) is 16.5. The Morgan fingerprint density at radius 2 is 1.77 bits per heavy atom. The van der Waals surface area contributed by atoms with E-state index >= 15 is 0 Å². The van der Waals surface area contributed by atoms with Gasteiger partial charge in [0.15, 0.2) is 0 Å². The van der Waals surface area contributed by atoms with Gasteiger partial charge in [0.2, 0.25) is 11.8 Å². The molecule has 1 aromatic rings. The highest BCUT2D eigenvalue weighted by atomic mass is 16.5. The first-order valence-electron chi connectivity index (χ1n) is 7.73. The Morgan fingerprint density at radius 3 is 2.27 bits per heavy atom.